The number of hydrogen-bond acceptors (Lipinski definition) is 5. The molecule has 4 atom stereocenters. The van der Waals surface area contributed by atoms with Crippen LogP contribution in [0.1, 0.15) is 10.4 Å². The molecule has 18 heavy (non-hydrogen) atoms. The average molecular weight is 250 g/mol. The second kappa shape index (κ2) is 4.68. The molecule has 5 nitrogen and oxygen atoms in total. The predicted octanol–water partition coefficient (Wildman–Crippen LogP) is 0.982. The van der Waals surface area contributed by atoms with Gasteiger partial charge in [0, 0.05) is 7.11 Å². The number of carbonyl (C=O) groups excluding carboxylic acids is 1. The lowest BCUT2D eigenvalue weighted by molar-refractivity contribution is -0.166. The molecule has 3 rings (SSSR count). The Hall–Kier alpha value is -1.43. The van der Waals surface area contributed by atoms with Gasteiger partial charge in [-0.1, -0.05) is 18.2 Å². The molecule has 5 heteroatoms. The number of benzene rings is 1. The van der Waals surface area contributed by atoms with Crippen LogP contribution in [0, 0.1) is 0 Å². The minimum absolute atomic E-state index is 0.00137. The first-order valence-electron chi connectivity index (χ1n) is 5.85. The van der Waals surface area contributed by atoms with Crippen LogP contribution >= 0.6 is 0 Å². The van der Waals surface area contributed by atoms with Crippen molar-refractivity contribution in [2.24, 2.45) is 0 Å². The molecule has 0 aromatic heterocycles. The van der Waals surface area contributed by atoms with Gasteiger partial charge in [0.05, 0.1) is 5.56 Å². The minimum Gasteiger partial charge on any atom is -0.459 e. The van der Waals surface area contributed by atoms with E-state index in [1.165, 1.54) is 0 Å². The maximum absolute atomic E-state index is 11.7. The quantitative estimate of drug-likeness (QED) is 0.589. The van der Waals surface area contributed by atoms with E-state index in [0.717, 1.165) is 0 Å². The molecule has 1 aromatic rings. The molecule has 1 unspecified atom stereocenters. The first-order valence-corrected chi connectivity index (χ1v) is 5.85. The van der Waals surface area contributed by atoms with Crippen molar-refractivity contribution in [2.45, 2.75) is 24.6 Å². The molecule has 2 fully saturated rings. The fourth-order valence-electron chi connectivity index (χ4n) is 2.12. The maximum Gasteiger partial charge on any atom is 0.338 e. The average Bonchev–Trinajstić information content (AvgIpc) is 3.14. The van der Waals surface area contributed by atoms with E-state index in [9.17, 15) is 4.79 Å². The van der Waals surface area contributed by atoms with Gasteiger partial charge in [0.15, 0.2) is 6.29 Å². The number of epoxide rings is 1. The van der Waals surface area contributed by atoms with Crippen LogP contribution < -0.4 is 0 Å². The zero-order valence-corrected chi connectivity index (χ0v) is 9.94. The van der Waals surface area contributed by atoms with Crippen molar-refractivity contribution in [3.8, 4) is 0 Å². The second-order valence-electron chi connectivity index (χ2n) is 4.31. The van der Waals surface area contributed by atoms with Crippen LogP contribution in [-0.4, -0.2) is 44.3 Å². The number of ether oxygens (including phenoxy) is 4. The van der Waals surface area contributed by atoms with Gasteiger partial charge in [0.25, 0.3) is 0 Å². The molecule has 2 saturated heterocycles. The number of hydrogen-bond donors (Lipinski definition) is 0. The number of methoxy groups -OCH3 is 1. The van der Waals surface area contributed by atoms with Crippen LogP contribution in [0.15, 0.2) is 30.3 Å². The largest absolute Gasteiger partial charge is 0.459 e. The van der Waals surface area contributed by atoms with Crippen LogP contribution in [0.3, 0.4) is 0 Å². The fourth-order valence-corrected chi connectivity index (χ4v) is 2.12. The molecule has 0 amide bonds. The van der Waals surface area contributed by atoms with Crippen molar-refractivity contribution in [3.05, 3.63) is 35.9 Å². The summed E-state index contributed by atoms with van der Waals surface area (Å²) in [6.45, 7) is 0.189. The van der Waals surface area contributed by atoms with Gasteiger partial charge in [-0.05, 0) is 12.1 Å². The van der Waals surface area contributed by atoms with E-state index in [0.29, 0.717) is 5.56 Å². The summed E-state index contributed by atoms with van der Waals surface area (Å²) < 4.78 is 21.2. The molecule has 0 aliphatic carbocycles. The molecule has 0 saturated carbocycles. The zero-order valence-electron chi connectivity index (χ0n) is 9.94. The van der Waals surface area contributed by atoms with Crippen molar-refractivity contribution < 1.29 is 23.7 Å². The summed E-state index contributed by atoms with van der Waals surface area (Å²) >= 11 is 0. The Morgan fingerprint density at radius 1 is 1.22 bits per heavy atom. The summed E-state index contributed by atoms with van der Waals surface area (Å²) in [5.74, 6) is -0.350. The van der Waals surface area contributed by atoms with E-state index < -0.39 is 0 Å². The minimum atomic E-state index is -0.350. The van der Waals surface area contributed by atoms with Gasteiger partial charge in [-0.3, -0.25) is 0 Å². The molecular formula is C13H14O5. The van der Waals surface area contributed by atoms with Crippen LogP contribution in [0.25, 0.3) is 0 Å². The highest BCUT2D eigenvalue weighted by molar-refractivity contribution is 5.89. The van der Waals surface area contributed by atoms with Crippen molar-refractivity contribution in [1.29, 1.82) is 0 Å². The SMILES string of the molecule is COC1O[C@H](COC(=O)c2ccccc2)[C@H]2O[C@@H]12. The van der Waals surface area contributed by atoms with Crippen LogP contribution in [0.5, 0.6) is 0 Å². The fraction of sp³-hybridized carbons (Fsp3) is 0.462. The third-order valence-corrected chi connectivity index (χ3v) is 3.13. The van der Waals surface area contributed by atoms with Crippen LogP contribution in [0.2, 0.25) is 0 Å². The summed E-state index contributed by atoms with van der Waals surface area (Å²) in [6.07, 6.45) is -0.572. The van der Waals surface area contributed by atoms with Crippen molar-refractivity contribution >= 4 is 5.97 Å². The zero-order chi connectivity index (χ0) is 12.5. The Morgan fingerprint density at radius 2 is 2.00 bits per heavy atom. The van der Waals surface area contributed by atoms with E-state index in [-0.39, 0.29) is 37.2 Å². The summed E-state index contributed by atoms with van der Waals surface area (Å²) in [7, 11) is 1.57. The molecule has 2 aliphatic rings. The van der Waals surface area contributed by atoms with E-state index in [2.05, 4.69) is 0 Å². The third-order valence-electron chi connectivity index (χ3n) is 3.13. The normalized spacial score (nSPS) is 32.9. The lowest BCUT2D eigenvalue weighted by Crippen LogP contribution is -2.26. The van der Waals surface area contributed by atoms with Crippen molar-refractivity contribution in [1.82, 2.24) is 0 Å². The lowest BCUT2D eigenvalue weighted by Gasteiger charge is -2.16. The standard InChI is InChI=1S/C13H14O5/c1-15-13-11-10(18-11)9(17-13)7-16-12(14)8-5-3-2-4-6-8/h2-6,9-11,13H,7H2,1H3/t9-,10-,11-,13?/m1/s1. The van der Waals surface area contributed by atoms with Gasteiger partial charge < -0.3 is 18.9 Å². The molecule has 2 heterocycles. The summed E-state index contributed by atoms with van der Waals surface area (Å²) in [5, 5.41) is 0. The second-order valence-corrected chi connectivity index (χ2v) is 4.31. The first-order chi connectivity index (χ1) is 8.79. The summed E-state index contributed by atoms with van der Waals surface area (Å²) in [4.78, 5) is 11.7. The Kier molecular flexibility index (Phi) is 3.03. The van der Waals surface area contributed by atoms with Gasteiger partial charge >= 0.3 is 5.97 Å². The smallest absolute Gasteiger partial charge is 0.338 e. The highest BCUT2D eigenvalue weighted by Gasteiger charge is 2.58. The van der Waals surface area contributed by atoms with Gasteiger partial charge in [-0.15, -0.1) is 0 Å². The van der Waals surface area contributed by atoms with Gasteiger partial charge in [0.1, 0.15) is 24.9 Å². The highest BCUT2D eigenvalue weighted by atomic mass is 16.8. The van der Waals surface area contributed by atoms with Crippen LogP contribution in [0.4, 0.5) is 0 Å². The monoisotopic (exact) mass is 250 g/mol. The molecule has 0 spiro atoms. The Morgan fingerprint density at radius 3 is 2.67 bits per heavy atom. The van der Waals surface area contributed by atoms with Gasteiger partial charge in [0.2, 0.25) is 0 Å². The Balaban J connectivity index is 1.52. The summed E-state index contributed by atoms with van der Waals surface area (Å²) in [6, 6.07) is 8.87. The number of esters is 1. The van der Waals surface area contributed by atoms with E-state index in [4.69, 9.17) is 18.9 Å². The number of carbonyl (C=O) groups is 1. The van der Waals surface area contributed by atoms with E-state index in [1.807, 2.05) is 6.07 Å². The molecule has 96 valence electrons. The number of fused-ring (bicyclic) bond motifs is 1. The molecule has 1 aromatic carbocycles. The Bertz CT molecular complexity index is 432. The maximum atomic E-state index is 11.7. The lowest BCUT2D eigenvalue weighted by atomic mass is 10.2. The summed E-state index contributed by atoms with van der Waals surface area (Å²) in [5.41, 5.74) is 0.534. The molecule has 0 bridgehead atoms. The van der Waals surface area contributed by atoms with Gasteiger partial charge in [-0.2, -0.15) is 0 Å². The van der Waals surface area contributed by atoms with E-state index in [1.54, 1.807) is 31.4 Å². The molecule has 0 N–H and O–H groups in total. The number of rotatable bonds is 4. The predicted molar refractivity (Wildman–Crippen MR) is 61.1 cm³/mol. The van der Waals surface area contributed by atoms with Gasteiger partial charge in [-0.25, -0.2) is 4.79 Å². The first kappa shape index (κ1) is 11.6. The van der Waals surface area contributed by atoms with E-state index >= 15 is 0 Å². The topological polar surface area (TPSA) is 57.3 Å². The molecule has 0 radical (unpaired) electrons. The van der Waals surface area contributed by atoms with Crippen molar-refractivity contribution in [2.75, 3.05) is 13.7 Å². The van der Waals surface area contributed by atoms with Crippen LogP contribution in [-0.2, 0) is 18.9 Å². The Labute approximate surface area is 105 Å². The third kappa shape index (κ3) is 2.12. The van der Waals surface area contributed by atoms with Crippen molar-refractivity contribution in [3.63, 3.8) is 0 Å². The molecule has 2 aliphatic heterocycles. The highest BCUT2D eigenvalue weighted by Crippen LogP contribution is 2.39. The molecular weight excluding hydrogens is 236 g/mol.